The highest BCUT2D eigenvalue weighted by atomic mass is 16.5. The fraction of sp³-hybridized carbons (Fsp3) is 0.375. The molecule has 5 heteroatoms. The van der Waals surface area contributed by atoms with Crippen molar-refractivity contribution in [1.82, 2.24) is 15.1 Å². The van der Waals surface area contributed by atoms with Gasteiger partial charge < -0.3 is 10.1 Å². The maximum atomic E-state index is 12.5. The van der Waals surface area contributed by atoms with Crippen LogP contribution in [-0.4, -0.2) is 29.4 Å². The Labute approximate surface area is 124 Å². The lowest BCUT2D eigenvalue weighted by Crippen LogP contribution is -2.49. The second-order valence-electron chi connectivity index (χ2n) is 4.76. The number of hydrogen-bond donors (Lipinski definition) is 1. The first-order valence-electron chi connectivity index (χ1n) is 7.12. The molecule has 5 nitrogen and oxygen atoms in total. The Hall–Kier alpha value is -2.14. The van der Waals surface area contributed by atoms with E-state index in [-0.39, 0.29) is 5.97 Å². The number of rotatable bonds is 7. The average Bonchev–Trinajstić information content (AvgIpc) is 3.03. The minimum atomic E-state index is -0.858. The van der Waals surface area contributed by atoms with Crippen LogP contribution in [0.5, 0.6) is 0 Å². The third-order valence-corrected chi connectivity index (χ3v) is 3.59. The molecule has 0 fully saturated rings. The first-order chi connectivity index (χ1) is 10.2. The number of ether oxygens (including phenoxy) is 1. The zero-order valence-corrected chi connectivity index (χ0v) is 12.5. The van der Waals surface area contributed by atoms with Crippen LogP contribution in [0, 0.1) is 0 Å². The van der Waals surface area contributed by atoms with Gasteiger partial charge in [-0.3, -0.25) is 4.68 Å². The normalized spacial score (nSPS) is 13.6. The standard InChI is InChI=1S/C16H21N3O2/c1-3-21-15(20)16(17-2,14-8-5-4-6-9-14)10-13-19-12-7-11-18-19/h4-9,11-12,17H,3,10,13H2,1-2H3. The summed E-state index contributed by atoms with van der Waals surface area (Å²) < 4.78 is 7.11. The third-order valence-electron chi connectivity index (χ3n) is 3.59. The predicted octanol–water partition coefficient (Wildman–Crippen LogP) is 1.95. The predicted molar refractivity (Wildman–Crippen MR) is 80.7 cm³/mol. The molecule has 0 bridgehead atoms. The van der Waals surface area contributed by atoms with E-state index in [2.05, 4.69) is 10.4 Å². The highest BCUT2D eigenvalue weighted by Crippen LogP contribution is 2.27. The van der Waals surface area contributed by atoms with E-state index in [1.165, 1.54) is 0 Å². The van der Waals surface area contributed by atoms with Gasteiger partial charge in [0.05, 0.1) is 6.61 Å². The van der Waals surface area contributed by atoms with E-state index in [0.717, 1.165) is 5.56 Å². The molecule has 0 amide bonds. The number of likely N-dealkylation sites (N-methyl/N-ethyl adjacent to an activating group) is 1. The van der Waals surface area contributed by atoms with Gasteiger partial charge in [0.15, 0.2) is 0 Å². The summed E-state index contributed by atoms with van der Waals surface area (Å²) in [7, 11) is 1.78. The Morgan fingerprint density at radius 2 is 2.10 bits per heavy atom. The van der Waals surface area contributed by atoms with Crippen LogP contribution in [-0.2, 0) is 21.6 Å². The molecule has 0 spiro atoms. The number of nitrogens with one attached hydrogen (secondary N) is 1. The SMILES string of the molecule is CCOC(=O)C(CCn1cccn1)(NC)c1ccccc1. The summed E-state index contributed by atoms with van der Waals surface area (Å²) in [5.41, 5.74) is 0.0431. The third kappa shape index (κ3) is 3.31. The number of aryl methyl sites for hydroxylation is 1. The van der Waals surface area contributed by atoms with Gasteiger partial charge >= 0.3 is 5.97 Å². The van der Waals surface area contributed by atoms with Gasteiger partial charge in [0.25, 0.3) is 0 Å². The molecule has 1 heterocycles. The molecule has 0 saturated carbocycles. The van der Waals surface area contributed by atoms with E-state index in [1.54, 1.807) is 13.2 Å². The van der Waals surface area contributed by atoms with Crippen molar-refractivity contribution >= 4 is 5.97 Å². The van der Waals surface area contributed by atoms with Crippen LogP contribution in [0.1, 0.15) is 18.9 Å². The van der Waals surface area contributed by atoms with E-state index in [4.69, 9.17) is 4.74 Å². The second-order valence-corrected chi connectivity index (χ2v) is 4.76. The maximum Gasteiger partial charge on any atom is 0.331 e. The minimum Gasteiger partial charge on any atom is -0.464 e. The molecule has 0 aliphatic carbocycles. The van der Waals surface area contributed by atoms with Gasteiger partial charge in [-0.2, -0.15) is 5.10 Å². The second kappa shape index (κ2) is 7.04. The Kier molecular flexibility index (Phi) is 5.11. The number of esters is 1. The zero-order chi connectivity index (χ0) is 15.1. The molecule has 1 unspecified atom stereocenters. The summed E-state index contributed by atoms with van der Waals surface area (Å²) in [4.78, 5) is 12.5. The average molecular weight is 287 g/mol. The summed E-state index contributed by atoms with van der Waals surface area (Å²) in [6, 6.07) is 11.5. The number of nitrogens with zero attached hydrogens (tertiary/aromatic N) is 2. The Morgan fingerprint density at radius 3 is 2.67 bits per heavy atom. The molecule has 0 aliphatic rings. The van der Waals surface area contributed by atoms with Gasteiger partial charge in [0.1, 0.15) is 5.54 Å². The Balaban J connectivity index is 2.29. The number of hydrogen-bond acceptors (Lipinski definition) is 4. The smallest absolute Gasteiger partial charge is 0.331 e. The van der Waals surface area contributed by atoms with Gasteiger partial charge in [-0.1, -0.05) is 30.3 Å². The van der Waals surface area contributed by atoms with Crippen LogP contribution in [0.4, 0.5) is 0 Å². The van der Waals surface area contributed by atoms with Crippen molar-refractivity contribution in [3.63, 3.8) is 0 Å². The van der Waals surface area contributed by atoms with Crippen LogP contribution in [0.2, 0.25) is 0 Å². The van der Waals surface area contributed by atoms with Crippen molar-refractivity contribution in [3.05, 3.63) is 54.4 Å². The van der Waals surface area contributed by atoms with Gasteiger partial charge in [-0.25, -0.2) is 4.79 Å². The number of aromatic nitrogens is 2. The summed E-state index contributed by atoms with van der Waals surface area (Å²) in [5.74, 6) is -0.258. The van der Waals surface area contributed by atoms with Crippen molar-refractivity contribution in [1.29, 1.82) is 0 Å². The molecule has 21 heavy (non-hydrogen) atoms. The topological polar surface area (TPSA) is 56.2 Å². The fourth-order valence-electron chi connectivity index (χ4n) is 2.43. The van der Waals surface area contributed by atoms with Crippen LogP contribution >= 0.6 is 0 Å². The Morgan fingerprint density at radius 1 is 1.33 bits per heavy atom. The van der Waals surface area contributed by atoms with E-state index in [1.807, 2.05) is 54.2 Å². The van der Waals surface area contributed by atoms with Gasteiger partial charge in [-0.15, -0.1) is 0 Å². The number of carbonyl (C=O) groups excluding carboxylic acids is 1. The van der Waals surface area contributed by atoms with Gasteiger partial charge in [-0.05, 0) is 25.6 Å². The first kappa shape index (κ1) is 15.3. The van der Waals surface area contributed by atoms with Crippen LogP contribution in [0.3, 0.4) is 0 Å². The minimum absolute atomic E-state index is 0.258. The summed E-state index contributed by atoms with van der Waals surface area (Å²) >= 11 is 0. The molecule has 1 aromatic heterocycles. The molecular formula is C16H21N3O2. The van der Waals surface area contributed by atoms with Crippen molar-refractivity contribution in [3.8, 4) is 0 Å². The lowest BCUT2D eigenvalue weighted by molar-refractivity contribution is -0.152. The van der Waals surface area contributed by atoms with E-state index >= 15 is 0 Å². The molecular weight excluding hydrogens is 266 g/mol. The summed E-state index contributed by atoms with van der Waals surface area (Å²) in [6.45, 7) is 2.80. The zero-order valence-electron chi connectivity index (χ0n) is 12.5. The van der Waals surface area contributed by atoms with Gasteiger partial charge in [0.2, 0.25) is 0 Å². The van der Waals surface area contributed by atoms with Crippen molar-refractivity contribution < 1.29 is 9.53 Å². The molecule has 112 valence electrons. The van der Waals surface area contributed by atoms with Crippen LogP contribution in [0.25, 0.3) is 0 Å². The maximum absolute atomic E-state index is 12.5. The molecule has 0 saturated heterocycles. The molecule has 1 N–H and O–H groups in total. The Bertz CT molecular complexity index is 554. The quantitative estimate of drug-likeness (QED) is 0.791. The van der Waals surface area contributed by atoms with Crippen molar-refractivity contribution in [2.75, 3.05) is 13.7 Å². The molecule has 2 rings (SSSR count). The number of benzene rings is 1. The molecule has 0 aliphatic heterocycles. The van der Waals surface area contributed by atoms with E-state index in [9.17, 15) is 4.79 Å². The summed E-state index contributed by atoms with van der Waals surface area (Å²) in [6.07, 6.45) is 4.18. The summed E-state index contributed by atoms with van der Waals surface area (Å²) in [5, 5.41) is 7.35. The van der Waals surface area contributed by atoms with E-state index in [0.29, 0.717) is 19.6 Å². The van der Waals surface area contributed by atoms with Crippen LogP contribution < -0.4 is 5.32 Å². The number of carbonyl (C=O) groups is 1. The van der Waals surface area contributed by atoms with Crippen molar-refractivity contribution in [2.45, 2.75) is 25.4 Å². The van der Waals surface area contributed by atoms with Gasteiger partial charge in [0, 0.05) is 25.4 Å². The molecule has 1 aromatic carbocycles. The van der Waals surface area contributed by atoms with E-state index < -0.39 is 5.54 Å². The highest BCUT2D eigenvalue weighted by molar-refractivity contribution is 5.82. The molecule has 2 aromatic rings. The molecule has 0 radical (unpaired) electrons. The lowest BCUT2D eigenvalue weighted by atomic mass is 9.86. The first-order valence-corrected chi connectivity index (χ1v) is 7.12. The largest absolute Gasteiger partial charge is 0.464 e. The fourth-order valence-corrected chi connectivity index (χ4v) is 2.43. The highest BCUT2D eigenvalue weighted by Gasteiger charge is 2.40. The molecule has 1 atom stereocenters. The lowest BCUT2D eigenvalue weighted by Gasteiger charge is -2.31. The van der Waals surface area contributed by atoms with Crippen molar-refractivity contribution in [2.24, 2.45) is 0 Å². The monoisotopic (exact) mass is 287 g/mol. The van der Waals surface area contributed by atoms with Crippen LogP contribution in [0.15, 0.2) is 48.8 Å².